The van der Waals surface area contributed by atoms with Crippen LogP contribution >= 0.6 is 0 Å². The highest BCUT2D eigenvalue weighted by molar-refractivity contribution is 5.98. The highest BCUT2D eigenvalue weighted by Crippen LogP contribution is 2.28. The standard InChI is InChI=1S/C14H20N2O2/c1-10-5-6-13-11(8-10)4-3-7-16(13)14(17)12(15)9-18-2/h5-6,8,12H,3-4,7,9,15H2,1-2H3. The van der Waals surface area contributed by atoms with Crippen LogP contribution in [0.5, 0.6) is 0 Å². The highest BCUT2D eigenvalue weighted by Gasteiger charge is 2.26. The first-order valence-electron chi connectivity index (χ1n) is 6.29. The van der Waals surface area contributed by atoms with Gasteiger partial charge in [0.2, 0.25) is 5.91 Å². The van der Waals surface area contributed by atoms with Crippen LogP contribution in [-0.2, 0) is 16.0 Å². The summed E-state index contributed by atoms with van der Waals surface area (Å²) >= 11 is 0. The molecule has 0 saturated carbocycles. The number of carbonyl (C=O) groups is 1. The van der Waals surface area contributed by atoms with E-state index in [1.165, 1.54) is 11.1 Å². The first kappa shape index (κ1) is 13.1. The fraction of sp³-hybridized carbons (Fsp3) is 0.500. The molecule has 0 saturated heterocycles. The minimum absolute atomic E-state index is 0.0540. The average Bonchev–Trinajstić information content (AvgIpc) is 2.37. The zero-order valence-electron chi connectivity index (χ0n) is 11.0. The van der Waals surface area contributed by atoms with Crippen molar-refractivity contribution in [2.75, 3.05) is 25.2 Å². The van der Waals surface area contributed by atoms with Gasteiger partial charge in [0.1, 0.15) is 6.04 Å². The molecule has 2 rings (SSSR count). The van der Waals surface area contributed by atoms with Crippen LogP contribution in [0.4, 0.5) is 5.69 Å². The van der Waals surface area contributed by atoms with E-state index in [-0.39, 0.29) is 12.5 Å². The molecular formula is C14H20N2O2. The molecule has 18 heavy (non-hydrogen) atoms. The Balaban J connectivity index is 2.24. The van der Waals surface area contributed by atoms with Gasteiger partial charge in [0, 0.05) is 19.3 Å². The topological polar surface area (TPSA) is 55.6 Å². The van der Waals surface area contributed by atoms with Crippen molar-refractivity contribution in [3.05, 3.63) is 29.3 Å². The summed E-state index contributed by atoms with van der Waals surface area (Å²) in [5, 5.41) is 0. The van der Waals surface area contributed by atoms with Crippen molar-refractivity contribution < 1.29 is 9.53 Å². The molecule has 0 aromatic heterocycles. The lowest BCUT2D eigenvalue weighted by Gasteiger charge is -2.31. The van der Waals surface area contributed by atoms with Crippen molar-refractivity contribution in [1.82, 2.24) is 0 Å². The summed E-state index contributed by atoms with van der Waals surface area (Å²) in [7, 11) is 1.56. The number of nitrogens with zero attached hydrogens (tertiary/aromatic N) is 1. The van der Waals surface area contributed by atoms with Crippen LogP contribution in [0.1, 0.15) is 17.5 Å². The second-order valence-electron chi connectivity index (χ2n) is 4.79. The van der Waals surface area contributed by atoms with Gasteiger partial charge in [0.05, 0.1) is 6.61 Å². The van der Waals surface area contributed by atoms with Gasteiger partial charge in [-0.25, -0.2) is 0 Å². The Kier molecular flexibility index (Phi) is 3.99. The summed E-state index contributed by atoms with van der Waals surface area (Å²) < 4.78 is 4.95. The summed E-state index contributed by atoms with van der Waals surface area (Å²) in [5.41, 5.74) is 9.29. The molecule has 1 heterocycles. The number of aryl methyl sites for hydroxylation is 2. The van der Waals surface area contributed by atoms with Crippen LogP contribution in [0.2, 0.25) is 0 Å². The van der Waals surface area contributed by atoms with Crippen LogP contribution in [0.25, 0.3) is 0 Å². The molecule has 0 spiro atoms. The van der Waals surface area contributed by atoms with Crippen LogP contribution < -0.4 is 10.6 Å². The number of fused-ring (bicyclic) bond motifs is 1. The van der Waals surface area contributed by atoms with E-state index in [2.05, 4.69) is 13.0 Å². The maximum absolute atomic E-state index is 12.3. The second-order valence-corrected chi connectivity index (χ2v) is 4.79. The monoisotopic (exact) mass is 248 g/mol. The molecular weight excluding hydrogens is 228 g/mol. The molecule has 1 aromatic rings. The summed E-state index contributed by atoms with van der Waals surface area (Å²) in [4.78, 5) is 14.1. The Morgan fingerprint density at radius 2 is 2.33 bits per heavy atom. The molecule has 0 bridgehead atoms. The Morgan fingerprint density at radius 3 is 3.06 bits per heavy atom. The summed E-state index contributed by atoms with van der Waals surface area (Å²) in [6.45, 7) is 3.07. The van der Waals surface area contributed by atoms with E-state index >= 15 is 0 Å². The van der Waals surface area contributed by atoms with Crippen molar-refractivity contribution in [2.45, 2.75) is 25.8 Å². The van der Waals surface area contributed by atoms with Gasteiger partial charge in [-0.3, -0.25) is 4.79 Å². The molecule has 4 heteroatoms. The Bertz CT molecular complexity index is 445. The van der Waals surface area contributed by atoms with Gasteiger partial charge in [0.25, 0.3) is 0 Å². The molecule has 1 aliphatic rings. The van der Waals surface area contributed by atoms with Crippen molar-refractivity contribution in [1.29, 1.82) is 0 Å². The number of nitrogens with two attached hydrogens (primary N) is 1. The average molecular weight is 248 g/mol. The number of carbonyl (C=O) groups excluding carboxylic acids is 1. The lowest BCUT2D eigenvalue weighted by atomic mass is 9.99. The van der Waals surface area contributed by atoms with Crippen LogP contribution in [0.3, 0.4) is 0 Å². The van der Waals surface area contributed by atoms with Crippen molar-refractivity contribution >= 4 is 11.6 Å². The first-order chi connectivity index (χ1) is 8.63. The fourth-order valence-electron chi connectivity index (χ4n) is 2.41. The van der Waals surface area contributed by atoms with Gasteiger partial charge in [-0.15, -0.1) is 0 Å². The third-order valence-corrected chi connectivity index (χ3v) is 3.28. The molecule has 0 aliphatic carbocycles. The Morgan fingerprint density at radius 1 is 1.56 bits per heavy atom. The van der Waals surface area contributed by atoms with E-state index in [1.54, 1.807) is 12.0 Å². The number of ether oxygens (including phenoxy) is 1. The van der Waals surface area contributed by atoms with Crippen LogP contribution in [0, 0.1) is 6.92 Å². The largest absolute Gasteiger partial charge is 0.383 e. The molecule has 4 nitrogen and oxygen atoms in total. The van der Waals surface area contributed by atoms with E-state index in [0.717, 1.165) is 25.1 Å². The van der Waals surface area contributed by atoms with E-state index in [4.69, 9.17) is 10.5 Å². The quantitative estimate of drug-likeness (QED) is 0.876. The number of hydrogen-bond donors (Lipinski definition) is 1. The van der Waals surface area contributed by atoms with E-state index in [9.17, 15) is 4.79 Å². The maximum atomic E-state index is 12.3. The number of anilines is 1. The van der Waals surface area contributed by atoms with Gasteiger partial charge in [0.15, 0.2) is 0 Å². The van der Waals surface area contributed by atoms with Crippen molar-refractivity contribution in [3.8, 4) is 0 Å². The van der Waals surface area contributed by atoms with Crippen LogP contribution in [-0.4, -0.2) is 32.2 Å². The summed E-state index contributed by atoms with van der Waals surface area (Å²) in [6.07, 6.45) is 2.02. The van der Waals surface area contributed by atoms with Gasteiger partial charge >= 0.3 is 0 Å². The summed E-state index contributed by atoms with van der Waals surface area (Å²) in [6, 6.07) is 5.62. The summed E-state index contributed by atoms with van der Waals surface area (Å²) in [5.74, 6) is -0.0540. The molecule has 1 unspecified atom stereocenters. The number of hydrogen-bond acceptors (Lipinski definition) is 3. The van der Waals surface area contributed by atoms with Gasteiger partial charge in [-0.2, -0.15) is 0 Å². The molecule has 1 aromatic carbocycles. The fourth-order valence-corrected chi connectivity index (χ4v) is 2.41. The first-order valence-corrected chi connectivity index (χ1v) is 6.29. The maximum Gasteiger partial charge on any atom is 0.246 e. The minimum atomic E-state index is -0.581. The molecule has 0 fully saturated rings. The number of rotatable bonds is 3. The van der Waals surface area contributed by atoms with Gasteiger partial charge in [-0.1, -0.05) is 17.7 Å². The third kappa shape index (κ3) is 2.54. The zero-order chi connectivity index (χ0) is 13.1. The number of amides is 1. The molecule has 1 amide bonds. The number of benzene rings is 1. The number of methoxy groups -OCH3 is 1. The SMILES string of the molecule is COCC(N)C(=O)N1CCCc2cc(C)ccc21. The van der Waals surface area contributed by atoms with E-state index in [1.807, 2.05) is 12.1 Å². The van der Waals surface area contributed by atoms with Crippen molar-refractivity contribution in [3.63, 3.8) is 0 Å². The highest BCUT2D eigenvalue weighted by atomic mass is 16.5. The smallest absolute Gasteiger partial charge is 0.246 e. The zero-order valence-corrected chi connectivity index (χ0v) is 11.0. The normalized spacial score (nSPS) is 16.3. The Hall–Kier alpha value is -1.39. The second kappa shape index (κ2) is 5.50. The lowest BCUT2D eigenvalue weighted by Crippen LogP contribution is -2.48. The van der Waals surface area contributed by atoms with Crippen LogP contribution in [0.15, 0.2) is 18.2 Å². The predicted octanol–water partition coefficient (Wildman–Crippen LogP) is 1.25. The van der Waals surface area contributed by atoms with E-state index < -0.39 is 6.04 Å². The van der Waals surface area contributed by atoms with E-state index in [0.29, 0.717) is 0 Å². The minimum Gasteiger partial charge on any atom is -0.383 e. The molecule has 1 atom stereocenters. The third-order valence-electron chi connectivity index (χ3n) is 3.28. The van der Waals surface area contributed by atoms with Gasteiger partial charge in [-0.05, 0) is 31.4 Å². The molecule has 0 radical (unpaired) electrons. The molecule has 1 aliphatic heterocycles. The Labute approximate surface area is 108 Å². The molecule has 2 N–H and O–H groups in total. The molecule has 98 valence electrons. The van der Waals surface area contributed by atoms with Crippen molar-refractivity contribution in [2.24, 2.45) is 5.73 Å². The predicted molar refractivity (Wildman–Crippen MR) is 71.7 cm³/mol. The van der Waals surface area contributed by atoms with Gasteiger partial charge < -0.3 is 15.4 Å². The lowest BCUT2D eigenvalue weighted by molar-refractivity contribution is -0.121.